The molecule has 0 bridgehead atoms. The molecular weight excluding hydrogens is 320 g/mol. The molecule has 0 spiro atoms. The van der Waals surface area contributed by atoms with Gasteiger partial charge in [-0.3, -0.25) is 10.4 Å². The van der Waals surface area contributed by atoms with Gasteiger partial charge in [-0.15, -0.1) is 0 Å². The van der Waals surface area contributed by atoms with E-state index in [1.165, 1.54) is 35.4 Å². The Hall–Kier alpha value is -2.62. The van der Waals surface area contributed by atoms with Crippen LogP contribution >= 0.6 is 0 Å². The monoisotopic (exact) mass is 348 g/mol. The molecule has 3 rings (SSSR count). The lowest BCUT2D eigenvalue weighted by Crippen LogP contribution is -2.35. The van der Waals surface area contributed by atoms with E-state index in [9.17, 15) is 0 Å². The molecule has 136 valence electrons. The number of rotatable bonds is 4. The molecule has 26 heavy (non-hydrogen) atoms. The number of aromatic nitrogens is 1. The summed E-state index contributed by atoms with van der Waals surface area (Å²) in [6.45, 7) is 4.90. The van der Waals surface area contributed by atoms with E-state index in [2.05, 4.69) is 70.1 Å². The second-order valence-corrected chi connectivity index (χ2v) is 6.74. The van der Waals surface area contributed by atoms with Gasteiger partial charge >= 0.3 is 0 Å². The predicted molar refractivity (Wildman–Crippen MR) is 110 cm³/mol. The first kappa shape index (κ1) is 18.2. The molecular formula is C22H28N4. The van der Waals surface area contributed by atoms with Gasteiger partial charge in [-0.2, -0.15) is 0 Å². The minimum Gasteiger partial charge on any atom is -0.357 e. The summed E-state index contributed by atoms with van der Waals surface area (Å²) < 4.78 is 2.24. The molecule has 4 nitrogen and oxygen atoms in total. The molecule has 1 saturated heterocycles. The Labute approximate surface area is 155 Å². The fraction of sp³-hybridized carbons (Fsp3) is 0.364. The van der Waals surface area contributed by atoms with Crippen molar-refractivity contribution in [1.82, 2.24) is 9.47 Å². The summed E-state index contributed by atoms with van der Waals surface area (Å²) >= 11 is 0. The first-order chi connectivity index (χ1) is 12.7. The zero-order chi connectivity index (χ0) is 18.4. The van der Waals surface area contributed by atoms with E-state index in [1.807, 2.05) is 6.21 Å². The molecule has 1 aliphatic heterocycles. The van der Waals surface area contributed by atoms with Crippen LogP contribution < -0.4 is 10.6 Å². The lowest BCUT2D eigenvalue weighted by Gasteiger charge is -2.29. The molecule has 1 aromatic carbocycles. The van der Waals surface area contributed by atoms with Gasteiger partial charge in [-0.1, -0.05) is 30.3 Å². The summed E-state index contributed by atoms with van der Waals surface area (Å²) in [5.41, 5.74) is 2.25. The number of nitrogens with one attached hydrogen (secondary N) is 1. The fourth-order valence-corrected chi connectivity index (χ4v) is 3.49. The van der Waals surface area contributed by atoms with Crippen LogP contribution in [-0.4, -0.2) is 41.7 Å². The number of aliphatic imine (C=N–C) groups is 1. The highest BCUT2D eigenvalue weighted by Gasteiger charge is 2.14. The highest BCUT2D eigenvalue weighted by Crippen LogP contribution is 2.14. The van der Waals surface area contributed by atoms with Gasteiger partial charge in [0, 0.05) is 50.0 Å². The van der Waals surface area contributed by atoms with Crippen LogP contribution in [0.5, 0.6) is 0 Å². The Bertz CT molecular complexity index is 881. The maximum atomic E-state index is 8.45. The third kappa shape index (κ3) is 4.13. The number of amidine groups is 1. The van der Waals surface area contributed by atoms with Gasteiger partial charge in [0.05, 0.1) is 0 Å². The third-order valence-corrected chi connectivity index (χ3v) is 4.98. The minimum absolute atomic E-state index is 0.660. The second-order valence-electron chi connectivity index (χ2n) is 6.74. The van der Waals surface area contributed by atoms with Crippen LogP contribution in [0.3, 0.4) is 0 Å². The first-order valence-corrected chi connectivity index (χ1v) is 9.39. The van der Waals surface area contributed by atoms with Gasteiger partial charge in [0.1, 0.15) is 5.84 Å². The summed E-state index contributed by atoms with van der Waals surface area (Å²) in [4.78, 5) is 6.27. The molecule has 1 aliphatic rings. The van der Waals surface area contributed by atoms with Gasteiger partial charge < -0.3 is 9.47 Å². The van der Waals surface area contributed by atoms with E-state index >= 15 is 0 Å². The summed E-state index contributed by atoms with van der Waals surface area (Å²) in [6, 6.07) is 10.6. The first-order valence-electron chi connectivity index (χ1n) is 9.39. The highest BCUT2D eigenvalue weighted by atomic mass is 15.2. The summed E-state index contributed by atoms with van der Waals surface area (Å²) in [7, 11) is 1.79. The Kier molecular flexibility index (Phi) is 6.05. The van der Waals surface area contributed by atoms with Crippen molar-refractivity contribution in [3.05, 3.63) is 58.2 Å². The maximum absolute atomic E-state index is 8.45. The SMILES string of the molecule is C/C=c1/ccn(Cc2ccc(C(=N)N3CCCCC3)cc2)/c1=C/C=N/C. The van der Waals surface area contributed by atoms with Crippen LogP contribution in [-0.2, 0) is 6.54 Å². The van der Waals surface area contributed by atoms with Crippen molar-refractivity contribution < 1.29 is 0 Å². The van der Waals surface area contributed by atoms with Crippen molar-refractivity contribution in [3.63, 3.8) is 0 Å². The average Bonchev–Trinajstić information content (AvgIpc) is 3.08. The van der Waals surface area contributed by atoms with Crippen molar-refractivity contribution in [3.8, 4) is 0 Å². The minimum atomic E-state index is 0.660. The molecule has 0 unspecified atom stereocenters. The molecule has 2 heterocycles. The van der Waals surface area contributed by atoms with Crippen molar-refractivity contribution in [2.75, 3.05) is 20.1 Å². The summed E-state index contributed by atoms with van der Waals surface area (Å²) in [5.74, 6) is 0.660. The molecule has 1 aromatic heterocycles. The van der Waals surface area contributed by atoms with Gasteiger partial charge in [0.2, 0.25) is 0 Å². The predicted octanol–water partition coefficient (Wildman–Crippen LogP) is 2.63. The molecule has 0 saturated carbocycles. The van der Waals surface area contributed by atoms with Crippen molar-refractivity contribution in [1.29, 1.82) is 5.41 Å². The number of hydrogen-bond donors (Lipinski definition) is 1. The van der Waals surface area contributed by atoms with Crippen LogP contribution in [0.4, 0.5) is 0 Å². The van der Waals surface area contributed by atoms with Crippen molar-refractivity contribution in [2.24, 2.45) is 4.99 Å². The number of nitrogens with zero attached hydrogens (tertiary/aromatic N) is 3. The molecule has 0 amide bonds. The fourth-order valence-electron chi connectivity index (χ4n) is 3.49. The largest absolute Gasteiger partial charge is 0.357 e. The maximum Gasteiger partial charge on any atom is 0.128 e. The van der Waals surface area contributed by atoms with E-state index in [-0.39, 0.29) is 0 Å². The molecule has 2 aromatic rings. The van der Waals surface area contributed by atoms with E-state index in [1.54, 1.807) is 7.05 Å². The third-order valence-electron chi connectivity index (χ3n) is 4.98. The van der Waals surface area contributed by atoms with Crippen LogP contribution in [0, 0.1) is 5.41 Å². The molecule has 1 N–H and O–H groups in total. The van der Waals surface area contributed by atoms with Crippen molar-refractivity contribution >= 4 is 24.2 Å². The zero-order valence-corrected chi connectivity index (χ0v) is 15.8. The van der Waals surface area contributed by atoms with Gasteiger partial charge in [0.25, 0.3) is 0 Å². The second kappa shape index (κ2) is 8.65. The van der Waals surface area contributed by atoms with Gasteiger partial charge in [-0.25, -0.2) is 0 Å². The van der Waals surface area contributed by atoms with E-state index in [0.29, 0.717) is 5.84 Å². The average molecular weight is 348 g/mol. The molecule has 0 radical (unpaired) electrons. The normalized spacial score (nSPS) is 16.6. The zero-order valence-electron chi connectivity index (χ0n) is 15.8. The lowest BCUT2D eigenvalue weighted by molar-refractivity contribution is 0.341. The highest BCUT2D eigenvalue weighted by molar-refractivity contribution is 5.96. The van der Waals surface area contributed by atoms with Crippen LogP contribution in [0.1, 0.15) is 37.3 Å². The Morgan fingerprint density at radius 1 is 1.12 bits per heavy atom. The molecule has 4 heteroatoms. The Morgan fingerprint density at radius 3 is 2.50 bits per heavy atom. The van der Waals surface area contributed by atoms with Gasteiger partial charge in [-0.05, 0) is 49.1 Å². The molecule has 0 atom stereocenters. The Morgan fingerprint density at radius 2 is 1.85 bits per heavy atom. The quantitative estimate of drug-likeness (QED) is 0.670. The number of likely N-dealkylation sites (tertiary alicyclic amines) is 1. The topological polar surface area (TPSA) is 44.4 Å². The smallest absolute Gasteiger partial charge is 0.128 e. The summed E-state index contributed by atoms with van der Waals surface area (Å²) in [5, 5.41) is 10.8. The van der Waals surface area contributed by atoms with Crippen LogP contribution in [0.2, 0.25) is 0 Å². The lowest BCUT2D eigenvalue weighted by atomic mass is 10.1. The van der Waals surface area contributed by atoms with Gasteiger partial charge in [0.15, 0.2) is 0 Å². The number of hydrogen-bond acceptors (Lipinski definition) is 2. The van der Waals surface area contributed by atoms with Crippen molar-refractivity contribution in [2.45, 2.75) is 32.7 Å². The van der Waals surface area contributed by atoms with E-state index < -0.39 is 0 Å². The number of piperidine rings is 1. The standard InChI is InChI=1S/C22H28N4/c1-3-19-12-16-26(21(19)11-13-24-2)17-18-7-9-20(10-8-18)22(23)25-14-5-4-6-15-25/h3,7-13,16,23H,4-6,14-15,17H2,1-2H3/b19-3-,21-11+,23-22?,24-13+. The summed E-state index contributed by atoms with van der Waals surface area (Å²) in [6.07, 6.45) is 11.8. The Balaban J connectivity index is 1.78. The van der Waals surface area contributed by atoms with E-state index in [4.69, 9.17) is 5.41 Å². The molecule has 1 fully saturated rings. The van der Waals surface area contributed by atoms with Crippen LogP contribution in [0.25, 0.3) is 12.2 Å². The number of benzene rings is 1. The molecule has 0 aliphatic carbocycles. The van der Waals surface area contributed by atoms with E-state index in [0.717, 1.165) is 25.2 Å². The van der Waals surface area contributed by atoms with Crippen LogP contribution in [0.15, 0.2) is 41.5 Å².